The molecule has 1 amide bonds. The van der Waals surface area contributed by atoms with Crippen LogP contribution in [0.3, 0.4) is 0 Å². The van der Waals surface area contributed by atoms with Crippen molar-refractivity contribution in [2.75, 3.05) is 0 Å². The molecule has 5 heteroatoms. The summed E-state index contributed by atoms with van der Waals surface area (Å²) < 4.78 is 12.9. The Bertz CT molecular complexity index is 553. The number of aliphatic carboxylic acids is 1. The van der Waals surface area contributed by atoms with E-state index in [2.05, 4.69) is 5.32 Å². The third kappa shape index (κ3) is 3.68. The molecular formula is C16H18FNO3. The minimum absolute atomic E-state index is 0.274. The number of hydrogen-bond donors (Lipinski definition) is 2. The average molecular weight is 291 g/mol. The van der Waals surface area contributed by atoms with Gasteiger partial charge in [-0.15, -0.1) is 0 Å². The molecule has 2 N–H and O–H groups in total. The van der Waals surface area contributed by atoms with Gasteiger partial charge in [0, 0.05) is 0 Å². The highest BCUT2D eigenvalue weighted by molar-refractivity contribution is 5.85. The average Bonchev–Trinajstić information content (AvgIpc) is 2.47. The zero-order chi connectivity index (χ0) is 15.4. The highest BCUT2D eigenvalue weighted by Gasteiger charge is 2.34. The maximum atomic E-state index is 12.9. The second-order valence-electron chi connectivity index (χ2n) is 5.28. The van der Waals surface area contributed by atoms with Gasteiger partial charge in [-0.05, 0) is 37.5 Å². The first kappa shape index (κ1) is 15.2. The summed E-state index contributed by atoms with van der Waals surface area (Å²) in [4.78, 5) is 23.5. The van der Waals surface area contributed by atoms with E-state index in [1.165, 1.54) is 12.1 Å². The Balaban J connectivity index is 2.04. The molecule has 112 valence electrons. The molecule has 1 unspecified atom stereocenters. The van der Waals surface area contributed by atoms with Crippen LogP contribution in [0.15, 0.2) is 36.4 Å². The van der Waals surface area contributed by atoms with Crippen molar-refractivity contribution in [3.8, 4) is 0 Å². The van der Waals surface area contributed by atoms with E-state index in [1.54, 1.807) is 25.1 Å². The summed E-state index contributed by atoms with van der Waals surface area (Å²) in [5.41, 5.74) is 0.781. The van der Waals surface area contributed by atoms with E-state index >= 15 is 0 Å². The van der Waals surface area contributed by atoms with Crippen molar-refractivity contribution >= 4 is 11.9 Å². The maximum absolute atomic E-state index is 12.9. The normalized spacial score (nSPS) is 22.6. The van der Waals surface area contributed by atoms with E-state index in [4.69, 9.17) is 0 Å². The Morgan fingerprint density at radius 2 is 1.76 bits per heavy atom. The van der Waals surface area contributed by atoms with Crippen molar-refractivity contribution < 1.29 is 19.1 Å². The molecule has 1 aromatic rings. The smallest absolute Gasteiger partial charge is 0.307 e. The number of allylic oxidation sites excluding steroid dienone is 2. The molecule has 0 radical (unpaired) electrons. The van der Waals surface area contributed by atoms with Gasteiger partial charge in [-0.25, -0.2) is 4.39 Å². The van der Waals surface area contributed by atoms with E-state index in [0.717, 1.165) is 5.56 Å². The topological polar surface area (TPSA) is 66.4 Å². The summed E-state index contributed by atoms with van der Waals surface area (Å²) in [6.45, 7) is 1.79. The summed E-state index contributed by atoms with van der Waals surface area (Å²) in [5.74, 6) is -2.80. The molecule has 3 atom stereocenters. The summed E-state index contributed by atoms with van der Waals surface area (Å²) in [7, 11) is 0. The van der Waals surface area contributed by atoms with Gasteiger partial charge in [0.05, 0.1) is 17.9 Å². The molecule has 0 fully saturated rings. The van der Waals surface area contributed by atoms with Crippen LogP contribution >= 0.6 is 0 Å². The Labute approximate surface area is 122 Å². The van der Waals surface area contributed by atoms with Gasteiger partial charge >= 0.3 is 5.97 Å². The van der Waals surface area contributed by atoms with Crippen molar-refractivity contribution in [2.24, 2.45) is 11.8 Å². The van der Waals surface area contributed by atoms with Crippen molar-refractivity contribution in [2.45, 2.75) is 25.8 Å². The van der Waals surface area contributed by atoms with E-state index < -0.39 is 17.8 Å². The Kier molecular flexibility index (Phi) is 4.73. The fourth-order valence-corrected chi connectivity index (χ4v) is 2.53. The van der Waals surface area contributed by atoms with Crippen molar-refractivity contribution in [1.82, 2.24) is 5.32 Å². The number of halogens is 1. The summed E-state index contributed by atoms with van der Waals surface area (Å²) in [6.07, 6.45) is 4.44. The minimum Gasteiger partial charge on any atom is -0.481 e. The van der Waals surface area contributed by atoms with Crippen LogP contribution in [0, 0.1) is 17.7 Å². The molecule has 2 rings (SSSR count). The maximum Gasteiger partial charge on any atom is 0.307 e. The van der Waals surface area contributed by atoms with Crippen LogP contribution in [0.5, 0.6) is 0 Å². The zero-order valence-electron chi connectivity index (χ0n) is 11.8. The lowest BCUT2D eigenvalue weighted by atomic mass is 9.82. The highest BCUT2D eigenvalue weighted by Crippen LogP contribution is 2.27. The first-order valence-electron chi connectivity index (χ1n) is 6.92. The van der Waals surface area contributed by atoms with E-state index in [0.29, 0.717) is 12.8 Å². The molecule has 0 spiro atoms. The lowest BCUT2D eigenvalue weighted by Gasteiger charge is -2.26. The van der Waals surface area contributed by atoms with Gasteiger partial charge in [-0.1, -0.05) is 24.3 Å². The molecule has 1 aromatic carbocycles. The fourth-order valence-electron chi connectivity index (χ4n) is 2.53. The van der Waals surface area contributed by atoms with E-state index in [1.807, 2.05) is 6.08 Å². The Morgan fingerprint density at radius 1 is 1.19 bits per heavy atom. The molecule has 4 nitrogen and oxygen atoms in total. The van der Waals surface area contributed by atoms with Gasteiger partial charge in [-0.3, -0.25) is 9.59 Å². The molecule has 21 heavy (non-hydrogen) atoms. The third-order valence-corrected chi connectivity index (χ3v) is 3.82. The Hall–Kier alpha value is -2.17. The molecule has 1 aliphatic carbocycles. The lowest BCUT2D eigenvalue weighted by molar-refractivity contribution is -0.147. The predicted molar refractivity (Wildman–Crippen MR) is 75.9 cm³/mol. The van der Waals surface area contributed by atoms with Gasteiger partial charge in [0.2, 0.25) is 5.91 Å². The highest BCUT2D eigenvalue weighted by atomic mass is 19.1. The predicted octanol–water partition coefficient (Wildman–Crippen LogP) is 2.67. The number of carboxylic acids is 1. The fraction of sp³-hybridized carbons (Fsp3) is 0.375. The molecule has 0 aliphatic heterocycles. The van der Waals surface area contributed by atoms with Crippen LogP contribution in [0.4, 0.5) is 4.39 Å². The molecule has 0 heterocycles. The number of carbonyl (C=O) groups excluding carboxylic acids is 1. The van der Waals surface area contributed by atoms with Gasteiger partial charge in [0.25, 0.3) is 0 Å². The molecule has 0 bridgehead atoms. The third-order valence-electron chi connectivity index (χ3n) is 3.82. The van der Waals surface area contributed by atoms with Crippen LogP contribution in [-0.2, 0) is 9.59 Å². The van der Waals surface area contributed by atoms with Crippen molar-refractivity contribution in [3.63, 3.8) is 0 Å². The lowest BCUT2D eigenvalue weighted by Crippen LogP contribution is -2.39. The van der Waals surface area contributed by atoms with Crippen LogP contribution < -0.4 is 5.32 Å². The molecular weight excluding hydrogens is 273 g/mol. The number of nitrogens with one attached hydrogen (secondary N) is 1. The quantitative estimate of drug-likeness (QED) is 0.838. The van der Waals surface area contributed by atoms with Gasteiger partial charge in [0.15, 0.2) is 0 Å². The number of carboxylic acid groups (broad SMARTS) is 1. The molecule has 0 saturated carbocycles. The van der Waals surface area contributed by atoms with Gasteiger partial charge in [0.1, 0.15) is 5.82 Å². The van der Waals surface area contributed by atoms with Crippen molar-refractivity contribution in [3.05, 3.63) is 47.8 Å². The van der Waals surface area contributed by atoms with Crippen LogP contribution in [0.1, 0.15) is 31.4 Å². The standard InChI is InChI=1S/C16H18FNO3/c1-10(11-6-8-12(17)9-7-11)18-15(19)13-4-2-3-5-14(13)16(20)21/h2-3,6-10,13-14H,4-5H2,1H3,(H,18,19)(H,20,21)/t10?,13-,14+/m1/s1. The largest absolute Gasteiger partial charge is 0.481 e. The number of amides is 1. The first-order valence-corrected chi connectivity index (χ1v) is 6.92. The van der Waals surface area contributed by atoms with E-state index in [-0.39, 0.29) is 17.8 Å². The van der Waals surface area contributed by atoms with Crippen LogP contribution in [-0.4, -0.2) is 17.0 Å². The van der Waals surface area contributed by atoms with Crippen molar-refractivity contribution in [1.29, 1.82) is 0 Å². The SMILES string of the molecule is CC(NC(=O)[C@@H]1CC=CC[C@@H]1C(=O)O)c1ccc(F)cc1. The number of rotatable bonds is 4. The first-order chi connectivity index (χ1) is 9.99. The van der Waals surface area contributed by atoms with E-state index in [9.17, 15) is 19.1 Å². The number of benzene rings is 1. The van der Waals surface area contributed by atoms with Crippen LogP contribution in [0.2, 0.25) is 0 Å². The van der Waals surface area contributed by atoms with Gasteiger partial charge in [-0.2, -0.15) is 0 Å². The van der Waals surface area contributed by atoms with Gasteiger partial charge < -0.3 is 10.4 Å². The Morgan fingerprint density at radius 3 is 2.33 bits per heavy atom. The monoisotopic (exact) mass is 291 g/mol. The summed E-state index contributed by atoms with van der Waals surface area (Å²) in [6, 6.07) is 5.59. The molecule has 0 aromatic heterocycles. The number of carbonyl (C=O) groups is 2. The number of hydrogen-bond acceptors (Lipinski definition) is 2. The summed E-state index contributed by atoms with van der Waals surface area (Å²) >= 11 is 0. The van der Waals surface area contributed by atoms with Crippen LogP contribution in [0.25, 0.3) is 0 Å². The summed E-state index contributed by atoms with van der Waals surface area (Å²) in [5, 5.41) is 12.0. The zero-order valence-corrected chi connectivity index (χ0v) is 11.8. The second kappa shape index (κ2) is 6.52. The second-order valence-corrected chi connectivity index (χ2v) is 5.28. The molecule has 1 aliphatic rings. The minimum atomic E-state index is -0.950. The molecule has 0 saturated heterocycles.